The van der Waals surface area contributed by atoms with E-state index in [2.05, 4.69) is 44.4 Å². The van der Waals surface area contributed by atoms with Gasteiger partial charge in [-0.3, -0.25) is 0 Å². The van der Waals surface area contributed by atoms with Gasteiger partial charge < -0.3 is 38.7 Å². The fourth-order valence-electron chi connectivity index (χ4n) is 4.50. The van der Waals surface area contributed by atoms with Crippen LogP contribution in [0, 0.1) is 6.92 Å². The van der Waals surface area contributed by atoms with Crippen LogP contribution in [0.15, 0.2) is 101 Å². The number of aromatic amines is 2. The van der Waals surface area contributed by atoms with Gasteiger partial charge >= 0.3 is 18.3 Å². The number of aromatic nitrogens is 6. The fourth-order valence-corrected chi connectivity index (χ4v) is 4.50. The summed E-state index contributed by atoms with van der Waals surface area (Å²) in [6, 6.07) is 21.4. The number of nitrogens with zero attached hydrogens (tertiary/aromatic N) is 4. The number of benzene rings is 3. The second kappa shape index (κ2) is 13.8. The van der Waals surface area contributed by atoms with Crippen LogP contribution in [0.2, 0.25) is 0 Å². The average Bonchev–Trinajstić information content (AvgIpc) is 3.66. The van der Waals surface area contributed by atoms with Crippen LogP contribution in [0.1, 0.15) is 27.8 Å². The number of aryl methyl sites for hydroxylation is 1. The van der Waals surface area contributed by atoms with Crippen molar-refractivity contribution in [2.45, 2.75) is 33.2 Å². The van der Waals surface area contributed by atoms with Gasteiger partial charge in [0.1, 0.15) is 43.4 Å². The van der Waals surface area contributed by atoms with E-state index in [1.807, 2.05) is 46.6 Å². The largest absolute Gasteiger partial charge is 1.00 e. The van der Waals surface area contributed by atoms with Crippen LogP contribution in [0.25, 0.3) is 11.0 Å². The van der Waals surface area contributed by atoms with E-state index in [1.54, 1.807) is 31.4 Å². The summed E-state index contributed by atoms with van der Waals surface area (Å²) in [7, 11) is 0. The highest BCUT2D eigenvalue weighted by Gasteiger charge is 2.13. The fraction of sp³-hybridized carbons (Fsp3) is 0.167. The molecule has 0 aliphatic heterocycles. The van der Waals surface area contributed by atoms with E-state index in [9.17, 15) is 4.79 Å². The molecule has 10 nitrogen and oxygen atoms in total. The molecule has 2 N–H and O–H groups in total. The van der Waals surface area contributed by atoms with Crippen molar-refractivity contribution in [1.82, 2.24) is 20.2 Å². The highest BCUT2D eigenvalue weighted by Crippen LogP contribution is 2.34. The first kappa shape index (κ1) is 30.3. The molecule has 6 rings (SSSR count). The lowest BCUT2D eigenvalue weighted by Gasteiger charge is -2.14. The van der Waals surface area contributed by atoms with Gasteiger partial charge in [0.05, 0.1) is 5.39 Å². The highest BCUT2D eigenvalue weighted by atomic mass is 35.5. The van der Waals surface area contributed by atoms with Gasteiger partial charge in [-0.15, -0.1) is 0 Å². The Labute approximate surface area is 253 Å². The maximum atomic E-state index is 12.1. The Bertz CT molecular complexity index is 1770. The lowest BCUT2D eigenvalue weighted by Crippen LogP contribution is -3.00. The highest BCUT2D eigenvalue weighted by molar-refractivity contribution is 5.88. The number of nitrogens with one attached hydrogen (secondary N) is 2. The first-order chi connectivity index (χ1) is 19.6. The molecule has 0 saturated heterocycles. The Hall–Kier alpha value is -4.67. The number of halogens is 2. The van der Waals surface area contributed by atoms with Crippen molar-refractivity contribution in [3.8, 4) is 11.5 Å². The number of H-pyrrole nitrogens is 2. The van der Waals surface area contributed by atoms with Gasteiger partial charge in [0.15, 0.2) is 0 Å². The second-order valence-electron chi connectivity index (χ2n) is 9.55. The molecule has 0 unspecified atom stereocenters. The van der Waals surface area contributed by atoms with E-state index in [1.165, 1.54) is 6.07 Å². The Morgan fingerprint density at radius 2 is 1.26 bits per heavy atom. The minimum Gasteiger partial charge on any atom is -1.00 e. The summed E-state index contributed by atoms with van der Waals surface area (Å²) >= 11 is 0. The molecule has 0 aliphatic rings. The summed E-state index contributed by atoms with van der Waals surface area (Å²) in [5.74, 6) is 1.15. The second-order valence-corrected chi connectivity index (χ2v) is 9.55. The first-order valence-electron chi connectivity index (χ1n) is 12.8. The average molecular weight is 607 g/mol. The first-order valence-corrected chi connectivity index (χ1v) is 12.8. The van der Waals surface area contributed by atoms with Gasteiger partial charge in [-0.1, -0.05) is 48.5 Å². The van der Waals surface area contributed by atoms with Crippen LogP contribution in [0.4, 0.5) is 0 Å². The molecule has 42 heavy (non-hydrogen) atoms. The Morgan fingerprint density at radius 1 is 0.738 bits per heavy atom. The predicted octanol–water partition coefficient (Wildman–Crippen LogP) is -2.61. The van der Waals surface area contributed by atoms with Gasteiger partial charge in [0, 0.05) is 18.2 Å². The lowest BCUT2D eigenvalue weighted by atomic mass is 10.1. The Kier molecular flexibility index (Phi) is 9.95. The Balaban J connectivity index is 0.00000202. The molecule has 0 bridgehead atoms. The van der Waals surface area contributed by atoms with Gasteiger partial charge in [0.25, 0.3) is 0 Å². The molecular formula is C30H28Cl2N6O4. The number of hydrogen-bond donors (Lipinski definition) is 2. The van der Waals surface area contributed by atoms with Crippen LogP contribution in [0.5, 0.6) is 11.5 Å². The smallest absolute Gasteiger partial charge is 0.336 e. The molecule has 0 atom stereocenters. The normalized spacial score (nSPS) is 10.6. The van der Waals surface area contributed by atoms with Gasteiger partial charge in [-0.05, 0) is 44.7 Å². The van der Waals surface area contributed by atoms with Crippen molar-refractivity contribution in [1.29, 1.82) is 0 Å². The predicted molar refractivity (Wildman–Crippen MR) is 145 cm³/mol. The van der Waals surface area contributed by atoms with E-state index in [0.717, 1.165) is 33.2 Å². The molecule has 0 spiro atoms. The molecule has 0 saturated carbocycles. The molecule has 6 aromatic rings. The minimum atomic E-state index is -0.412. The molecule has 12 heteroatoms. The molecule has 3 aromatic carbocycles. The van der Waals surface area contributed by atoms with Crippen LogP contribution >= 0.6 is 0 Å². The third-order valence-electron chi connectivity index (χ3n) is 6.54. The summed E-state index contributed by atoms with van der Waals surface area (Å²) < 4.78 is 21.7. The number of ether oxygens (including phenoxy) is 2. The standard InChI is InChI=1S/C30H26N6O4.2ClH/c1-21-10-29(37)40-28-12-26(38-15-24-6-2-22(3-7-24)13-35-19-31-17-33-35)11-27(30(21)28)39-16-25-8-4-23(5-9-25)14-36-20-32-18-34-36;;/h2-12,17-20H,13-16H2,1H3;2*1H. The van der Waals surface area contributed by atoms with Crippen molar-refractivity contribution in [3.05, 3.63) is 130 Å². The topological polar surface area (TPSA) is 114 Å². The zero-order valence-electron chi connectivity index (χ0n) is 22.7. The third-order valence-corrected chi connectivity index (χ3v) is 6.54. The van der Waals surface area contributed by atoms with Crippen molar-refractivity contribution >= 4 is 11.0 Å². The minimum absolute atomic E-state index is 0. The van der Waals surface area contributed by atoms with Crippen molar-refractivity contribution in [3.63, 3.8) is 0 Å². The van der Waals surface area contributed by atoms with E-state index < -0.39 is 5.63 Å². The monoisotopic (exact) mass is 606 g/mol. The molecule has 0 amide bonds. The zero-order valence-corrected chi connectivity index (χ0v) is 24.2. The molecular weight excluding hydrogens is 579 g/mol. The number of rotatable bonds is 10. The summed E-state index contributed by atoms with van der Waals surface area (Å²) in [6.07, 6.45) is 6.78. The van der Waals surface area contributed by atoms with Crippen molar-refractivity contribution in [2.24, 2.45) is 0 Å². The zero-order chi connectivity index (χ0) is 27.3. The van der Waals surface area contributed by atoms with Gasteiger partial charge in [-0.25, -0.2) is 4.79 Å². The van der Waals surface area contributed by atoms with E-state index in [0.29, 0.717) is 43.4 Å². The summed E-state index contributed by atoms with van der Waals surface area (Å²) in [5.41, 5.74) is 5.11. The molecule has 3 aromatic heterocycles. The summed E-state index contributed by atoms with van der Waals surface area (Å²) in [6.45, 7) is 3.99. The van der Waals surface area contributed by atoms with Crippen LogP contribution in [-0.4, -0.2) is 20.2 Å². The number of hydrogen-bond acceptors (Lipinski definition) is 6. The van der Waals surface area contributed by atoms with Crippen LogP contribution in [0.3, 0.4) is 0 Å². The van der Waals surface area contributed by atoms with Crippen molar-refractivity contribution < 1.29 is 48.1 Å². The van der Waals surface area contributed by atoms with Crippen LogP contribution < -0.4 is 49.3 Å². The molecule has 3 heterocycles. The van der Waals surface area contributed by atoms with E-state index in [4.69, 9.17) is 13.9 Å². The van der Waals surface area contributed by atoms with Crippen molar-refractivity contribution in [2.75, 3.05) is 0 Å². The number of fused-ring (bicyclic) bond motifs is 1. The Morgan fingerprint density at radius 3 is 1.79 bits per heavy atom. The van der Waals surface area contributed by atoms with Crippen LogP contribution in [-0.2, 0) is 26.3 Å². The third kappa shape index (κ3) is 7.34. The SMILES string of the molecule is Cc1cc(=O)oc2cc(OCc3ccc(C[n+]4cnc[nH]4)cc3)cc(OCc3ccc(C[n+]4cnc[nH]4)cc3)c12.[Cl-].[Cl-]. The lowest BCUT2D eigenvalue weighted by molar-refractivity contribution is -0.743. The van der Waals surface area contributed by atoms with E-state index >= 15 is 0 Å². The summed E-state index contributed by atoms with van der Waals surface area (Å²) in [4.78, 5) is 20.2. The van der Waals surface area contributed by atoms with E-state index in [-0.39, 0.29) is 24.8 Å². The van der Waals surface area contributed by atoms with Gasteiger partial charge in [0.2, 0.25) is 12.7 Å². The maximum Gasteiger partial charge on any atom is 0.336 e. The quantitative estimate of drug-likeness (QED) is 0.130. The van der Waals surface area contributed by atoms with Gasteiger partial charge in [-0.2, -0.15) is 19.6 Å². The molecule has 0 radical (unpaired) electrons. The maximum absolute atomic E-state index is 12.1. The molecule has 0 fully saturated rings. The molecule has 216 valence electrons. The summed E-state index contributed by atoms with van der Waals surface area (Å²) in [5, 5.41) is 6.83. The molecule has 0 aliphatic carbocycles.